The fourth-order valence-electron chi connectivity index (χ4n) is 1.18. The lowest BCUT2D eigenvalue weighted by Gasteiger charge is -2.08. The topological polar surface area (TPSA) is 46.1 Å². The van der Waals surface area contributed by atoms with E-state index in [0.29, 0.717) is 0 Å². The Hall–Kier alpha value is -2.23. The number of hydrazine groups is 1. The van der Waals surface area contributed by atoms with Gasteiger partial charge in [0.2, 0.25) is 0 Å². The fraction of sp³-hybridized carbons (Fsp3) is 0. The highest BCUT2D eigenvalue weighted by Gasteiger charge is 2.00. The Labute approximate surface area is 87.5 Å². The summed E-state index contributed by atoms with van der Waals surface area (Å²) in [6.07, 6.45) is 3.37. The Kier molecular flexibility index (Phi) is 2.69. The number of carbonyl (C=O) groups is 1. The summed E-state index contributed by atoms with van der Waals surface area (Å²) in [4.78, 5) is 11.5. The monoisotopic (exact) mass is 201 g/mol. The molecule has 2 N–H and O–H groups in total. The van der Waals surface area contributed by atoms with Crippen molar-refractivity contribution < 1.29 is 4.79 Å². The third-order valence-corrected chi connectivity index (χ3v) is 1.93. The SMILES string of the molecule is O=C(NNc1ccccc1)n1cccc1. The molecule has 0 aliphatic carbocycles. The fourth-order valence-corrected chi connectivity index (χ4v) is 1.18. The van der Waals surface area contributed by atoms with Gasteiger partial charge in [0, 0.05) is 12.4 Å². The van der Waals surface area contributed by atoms with Crippen LogP contribution in [-0.2, 0) is 0 Å². The predicted molar refractivity (Wildman–Crippen MR) is 58.4 cm³/mol. The van der Waals surface area contributed by atoms with Crippen LogP contribution < -0.4 is 10.9 Å². The lowest BCUT2D eigenvalue weighted by Crippen LogP contribution is -2.32. The Balaban J connectivity index is 1.92. The molecule has 0 atom stereocenters. The van der Waals surface area contributed by atoms with Crippen molar-refractivity contribution in [1.82, 2.24) is 9.99 Å². The molecule has 1 amide bonds. The van der Waals surface area contributed by atoms with E-state index in [9.17, 15) is 4.79 Å². The van der Waals surface area contributed by atoms with Gasteiger partial charge in [0.15, 0.2) is 0 Å². The number of nitrogens with one attached hydrogen (secondary N) is 2. The summed E-state index contributed by atoms with van der Waals surface area (Å²) < 4.78 is 1.45. The van der Waals surface area contributed by atoms with E-state index in [4.69, 9.17) is 0 Å². The number of para-hydroxylation sites is 1. The summed E-state index contributed by atoms with van der Waals surface area (Å²) in [7, 11) is 0. The van der Waals surface area contributed by atoms with Gasteiger partial charge in [0.25, 0.3) is 0 Å². The van der Waals surface area contributed by atoms with E-state index >= 15 is 0 Å². The maximum absolute atomic E-state index is 11.5. The van der Waals surface area contributed by atoms with Crippen molar-refractivity contribution in [2.24, 2.45) is 0 Å². The van der Waals surface area contributed by atoms with Crippen molar-refractivity contribution in [2.75, 3.05) is 5.43 Å². The highest BCUT2D eigenvalue weighted by Crippen LogP contribution is 2.02. The van der Waals surface area contributed by atoms with Gasteiger partial charge in [-0.1, -0.05) is 18.2 Å². The first kappa shape index (κ1) is 9.33. The molecule has 0 bridgehead atoms. The summed E-state index contributed by atoms with van der Waals surface area (Å²) in [5.41, 5.74) is 6.23. The van der Waals surface area contributed by atoms with Crippen molar-refractivity contribution >= 4 is 11.7 Å². The van der Waals surface area contributed by atoms with Gasteiger partial charge in [0.1, 0.15) is 0 Å². The number of amides is 1. The quantitative estimate of drug-likeness (QED) is 0.731. The highest BCUT2D eigenvalue weighted by molar-refractivity contribution is 5.78. The first-order chi connectivity index (χ1) is 7.36. The summed E-state index contributed by atoms with van der Waals surface area (Å²) in [6.45, 7) is 0. The lowest BCUT2D eigenvalue weighted by molar-refractivity contribution is 0.244. The van der Waals surface area contributed by atoms with Gasteiger partial charge >= 0.3 is 6.03 Å². The molecule has 0 aliphatic rings. The third-order valence-electron chi connectivity index (χ3n) is 1.93. The predicted octanol–water partition coefficient (Wildman–Crippen LogP) is 2.07. The van der Waals surface area contributed by atoms with Crippen LogP contribution in [-0.4, -0.2) is 10.6 Å². The van der Waals surface area contributed by atoms with Crippen molar-refractivity contribution in [1.29, 1.82) is 0 Å². The average Bonchev–Trinajstić information content (AvgIpc) is 2.81. The lowest BCUT2D eigenvalue weighted by atomic mass is 10.3. The third kappa shape index (κ3) is 2.37. The molecule has 76 valence electrons. The normalized spacial score (nSPS) is 9.60. The molecule has 0 saturated carbocycles. The van der Waals surface area contributed by atoms with Gasteiger partial charge in [-0.15, -0.1) is 0 Å². The Morgan fingerprint density at radius 1 is 1.00 bits per heavy atom. The second-order valence-electron chi connectivity index (χ2n) is 3.01. The van der Waals surface area contributed by atoms with Crippen molar-refractivity contribution in [2.45, 2.75) is 0 Å². The van der Waals surface area contributed by atoms with Crippen LogP contribution in [0.4, 0.5) is 10.5 Å². The number of hydrogen-bond acceptors (Lipinski definition) is 2. The molecular formula is C11H11N3O. The van der Waals surface area contributed by atoms with Crippen molar-refractivity contribution in [3.8, 4) is 0 Å². The second-order valence-corrected chi connectivity index (χ2v) is 3.01. The standard InChI is InChI=1S/C11H11N3O/c15-11(14-8-4-5-9-14)13-12-10-6-2-1-3-7-10/h1-9,12H,(H,13,15). The molecule has 0 aliphatic heterocycles. The molecule has 1 heterocycles. The first-order valence-corrected chi connectivity index (χ1v) is 4.60. The largest absolute Gasteiger partial charge is 0.344 e. The molecule has 4 nitrogen and oxygen atoms in total. The average molecular weight is 201 g/mol. The van der Waals surface area contributed by atoms with Gasteiger partial charge in [-0.25, -0.2) is 4.79 Å². The van der Waals surface area contributed by atoms with E-state index in [-0.39, 0.29) is 6.03 Å². The van der Waals surface area contributed by atoms with Crippen LogP contribution in [0.3, 0.4) is 0 Å². The number of nitrogens with zero attached hydrogens (tertiary/aromatic N) is 1. The maximum atomic E-state index is 11.5. The van der Waals surface area contributed by atoms with E-state index in [2.05, 4.69) is 10.9 Å². The van der Waals surface area contributed by atoms with Crippen LogP contribution in [0.25, 0.3) is 0 Å². The van der Waals surface area contributed by atoms with Crippen LogP contribution in [0.15, 0.2) is 54.9 Å². The van der Waals surface area contributed by atoms with E-state index in [1.165, 1.54) is 4.57 Å². The minimum atomic E-state index is -0.219. The minimum Gasteiger partial charge on any atom is -0.297 e. The molecule has 1 aromatic heterocycles. The molecule has 4 heteroatoms. The summed E-state index contributed by atoms with van der Waals surface area (Å²) in [5, 5.41) is 0. The molecule has 0 spiro atoms. The number of aromatic nitrogens is 1. The van der Waals surface area contributed by atoms with Gasteiger partial charge in [-0.2, -0.15) is 0 Å². The highest BCUT2D eigenvalue weighted by atomic mass is 16.2. The number of benzene rings is 1. The molecule has 0 saturated heterocycles. The van der Waals surface area contributed by atoms with E-state index in [1.54, 1.807) is 24.5 Å². The molecular weight excluding hydrogens is 190 g/mol. The van der Waals surface area contributed by atoms with Crippen LogP contribution in [0.5, 0.6) is 0 Å². The van der Waals surface area contributed by atoms with E-state index in [1.807, 2.05) is 30.3 Å². The smallest absolute Gasteiger partial charge is 0.297 e. The second kappa shape index (κ2) is 4.32. The van der Waals surface area contributed by atoms with E-state index in [0.717, 1.165) is 5.69 Å². The van der Waals surface area contributed by atoms with Crippen LogP contribution in [0.2, 0.25) is 0 Å². The molecule has 0 unspecified atom stereocenters. The summed E-state index contributed by atoms with van der Waals surface area (Å²) >= 11 is 0. The first-order valence-electron chi connectivity index (χ1n) is 4.60. The molecule has 2 rings (SSSR count). The van der Waals surface area contributed by atoms with Gasteiger partial charge in [0.05, 0.1) is 5.69 Å². The van der Waals surface area contributed by atoms with E-state index < -0.39 is 0 Å². The zero-order valence-corrected chi connectivity index (χ0v) is 8.05. The zero-order valence-electron chi connectivity index (χ0n) is 8.05. The van der Waals surface area contributed by atoms with Crippen LogP contribution in [0.1, 0.15) is 0 Å². The molecule has 1 aromatic carbocycles. The Bertz CT molecular complexity index is 422. The zero-order chi connectivity index (χ0) is 10.5. The number of hydrogen-bond donors (Lipinski definition) is 2. The van der Waals surface area contributed by atoms with Gasteiger partial charge in [-0.3, -0.25) is 15.4 Å². The van der Waals surface area contributed by atoms with Crippen LogP contribution in [0, 0.1) is 0 Å². The van der Waals surface area contributed by atoms with Crippen molar-refractivity contribution in [3.63, 3.8) is 0 Å². The summed E-state index contributed by atoms with van der Waals surface area (Å²) in [5.74, 6) is 0. The minimum absolute atomic E-state index is 0.219. The van der Waals surface area contributed by atoms with Gasteiger partial charge in [-0.05, 0) is 24.3 Å². The molecule has 0 radical (unpaired) electrons. The number of rotatable bonds is 2. The maximum Gasteiger partial charge on any atom is 0.344 e. The Morgan fingerprint density at radius 3 is 2.33 bits per heavy atom. The summed E-state index contributed by atoms with van der Waals surface area (Å²) in [6, 6.07) is 12.8. The number of carbonyl (C=O) groups excluding carboxylic acids is 1. The molecule has 0 fully saturated rings. The van der Waals surface area contributed by atoms with Crippen LogP contribution >= 0.6 is 0 Å². The molecule has 2 aromatic rings. The molecule has 15 heavy (non-hydrogen) atoms. The number of anilines is 1. The van der Waals surface area contributed by atoms with Gasteiger partial charge < -0.3 is 0 Å². The van der Waals surface area contributed by atoms with Crippen molar-refractivity contribution in [3.05, 3.63) is 54.9 Å². The Morgan fingerprint density at radius 2 is 1.67 bits per heavy atom.